The number of nitrogens with one attached hydrogen (secondary N) is 1. The van der Waals surface area contributed by atoms with Crippen LogP contribution in [0.1, 0.15) is 25.8 Å². The summed E-state index contributed by atoms with van der Waals surface area (Å²) in [5, 5.41) is 3.49. The van der Waals surface area contributed by atoms with Gasteiger partial charge in [0, 0.05) is 30.4 Å². The highest BCUT2D eigenvalue weighted by Gasteiger charge is 2.71. The SMILES string of the molecule is CSCC[C@@H]1N[C@@]2(C(=O)N(C)c3ccccc32)[C@@H]2C(=O)N(C(C)C)C(=O)[C@H]12. The van der Waals surface area contributed by atoms with Crippen LogP contribution in [0.5, 0.6) is 0 Å². The van der Waals surface area contributed by atoms with Crippen molar-refractivity contribution in [2.75, 3.05) is 24.0 Å². The van der Waals surface area contributed by atoms with Crippen LogP contribution in [0.25, 0.3) is 0 Å². The van der Waals surface area contributed by atoms with E-state index in [9.17, 15) is 14.4 Å². The number of hydrogen-bond acceptors (Lipinski definition) is 5. The number of amides is 3. The van der Waals surface area contributed by atoms with E-state index in [0.717, 1.165) is 23.4 Å². The molecule has 0 unspecified atom stereocenters. The van der Waals surface area contributed by atoms with Crippen LogP contribution in [0.15, 0.2) is 24.3 Å². The van der Waals surface area contributed by atoms with Crippen LogP contribution >= 0.6 is 11.8 Å². The number of thioether (sulfide) groups is 1. The minimum absolute atomic E-state index is 0.142. The molecule has 3 aliphatic heterocycles. The lowest BCUT2D eigenvalue weighted by atomic mass is 9.76. The van der Waals surface area contributed by atoms with Gasteiger partial charge in [0.2, 0.25) is 11.8 Å². The molecule has 1 aromatic rings. The fourth-order valence-corrected chi connectivity index (χ4v) is 5.57. The lowest BCUT2D eigenvalue weighted by molar-refractivity contribution is -0.144. The topological polar surface area (TPSA) is 69.7 Å². The fourth-order valence-electron chi connectivity index (χ4n) is 5.08. The summed E-state index contributed by atoms with van der Waals surface area (Å²) in [6.45, 7) is 3.70. The van der Waals surface area contributed by atoms with Crippen molar-refractivity contribution in [3.8, 4) is 0 Å². The van der Waals surface area contributed by atoms with Crippen molar-refractivity contribution >= 4 is 35.2 Å². The lowest BCUT2D eigenvalue weighted by Gasteiger charge is -2.31. The third-order valence-electron chi connectivity index (χ3n) is 6.18. The molecule has 2 fully saturated rings. The van der Waals surface area contributed by atoms with E-state index in [4.69, 9.17) is 0 Å². The molecule has 0 bridgehead atoms. The van der Waals surface area contributed by atoms with E-state index < -0.39 is 17.4 Å². The number of carbonyl (C=O) groups is 3. The van der Waals surface area contributed by atoms with E-state index in [2.05, 4.69) is 5.32 Å². The van der Waals surface area contributed by atoms with Crippen molar-refractivity contribution in [3.63, 3.8) is 0 Å². The number of likely N-dealkylation sites (N-methyl/N-ethyl adjacent to an activating group) is 1. The van der Waals surface area contributed by atoms with Crippen molar-refractivity contribution in [1.29, 1.82) is 0 Å². The minimum Gasteiger partial charge on any atom is -0.313 e. The summed E-state index contributed by atoms with van der Waals surface area (Å²) in [5.74, 6) is -0.815. The average molecular weight is 388 g/mol. The molecule has 4 atom stereocenters. The Bertz CT molecular complexity index is 826. The van der Waals surface area contributed by atoms with E-state index in [1.807, 2.05) is 44.4 Å². The smallest absolute Gasteiger partial charge is 0.252 e. The molecular formula is C20H25N3O3S. The zero-order valence-corrected chi connectivity index (χ0v) is 16.9. The quantitative estimate of drug-likeness (QED) is 0.795. The van der Waals surface area contributed by atoms with Crippen molar-refractivity contribution in [1.82, 2.24) is 10.2 Å². The van der Waals surface area contributed by atoms with Gasteiger partial charge in [0.05, 0.1) is 11.8 Å². The van der Waals surface area contributed by atoms with Crippen molar-refractivity contribution in [3.05, 3.63) is 29.8 Å². The molecule has 144 valence electrons. The number of fused-ring (bicyclic) bond motifs is 4. The van der Waals surface area contributed by atoms with Gasteiger partial charge in [-0.05, 0) is 38.3 Å². The first kappa shape index (κ1) is 18.5. The zero-order chi connectivity index (χ0) is 19.5. The molecule has 3 heterocycles. The normalized spacial score (nSPS) is 32.2. The van der Waals surface area contributed by atoms with Gasteiger partial charge in [-0.1, -0.05) is 18.2 Å². The van der Waals surface area contributed by atoms with E-state index in [1.54, 1.807) is 23.7 Å². The Morgan fingerprint density at radius 2 is 1.89 bits per heavy atom. The van der Waals surface area contributed by atoms with Crippen LogP contribution < -0.4 is 10.2 Å². The predicted molar refractivity (Wildman–Crippen MR) is 105 cm³/mol. The Labute approximate surface area is 163 Å². The molecule has 2 saturated heterocycles. The van der Waals surface area contributed by atoms with Crippen LogP contribution in [0.2, 0.25) is 0 Å². The van der Waals surface area contributed by atoms with Gasteiger partial charge in [-0.25, -0.2) is 0 Å². The summed E-state index contributed by atoms with van der Waals surface area (Å²) in [6, 6.07) is 7.19. The Kier molecular flexibility index (Phi) is 4.35. The van der Waals surface area contributed by atoms with E-state index in [1.165, 1.54) is 4.90 Å². The van der Waals surface area contributed by atoms with E-state index in [-0.39, 0.29) is 29.8 Å². The number of nitrogens with zero attached hydrogens (tertiary/aromatic N) is 2. The van der Waals surface area contributed by atoms with Crippen molar-refractivity contribution in [2.24, 2.45) is 11.8 Å². The van der Waals surface area contributed by atoms with Crippen LogP contribution in [0, 0.1) is 11.8 Å². The Hall–Kier alpha value is -1.86. The standard InChI is InChI=1S/C20H25N3O3S/c1-11(2)23-17(24)15-13(9-10-27-4)21-20(16(15)18(23)25)12-7-5-6-8-14(12)22(3)19(20)26/h5-8,11,13,15-16,21H,9-10H2,1-4H3/t13-,15+,16-,20+/m0/s1. The number of benzene rings is 1. The van der Waals surface area contributed by atoms with Crippen molar-refractivity contribution < 1.29 is 14.4 Å². The van der Waals surface area contributed by atoms with Crippen LogP contribution in [-0.4, -0.2) is 53.8 Å². The Morgan fingerprint density at radius 3 is 2.56 bits per heavy atom. The van der Waals surface area contributed by atoms with Crippen LogP contribution in [-0.2, 0) is 19.9 Å². The number of carbonyl (C=O) groups excluding carboxylic acids is 3. The molecule has 0 radical (unpaired) electrons. The molecule has 6 nitrogen and oxygen atoms in total. The molecule has 1 N–H and O–H groups in total. The number of hydrogen-bond donors (Lipinski definition) is 1. The first-order valence-electron chi connectivity index (χ1n) is 9.37. The highest BCUT2D eigenvalue weighted by atomic mass is 32.2. The maximum Gasteiger partial charge on any atom is 0.252 e. The molecule has 0 aliphatic carbocycles. The molecule has 4 rings (SSSR count). The summed E-state index contributed by atoms with van der Waals surface area (Å²) >= 11 is 1.70. The van der Waals surface area contributed by atoms with Gasteiger partial charge in [0.15, 0.2) is 0 Å². The second-order valence-electron chi connectivity index (χ2n) is 7.87. The van der Waals surface area contributed by atoms with Gasteiger partial charge in [-0.15, -0.1) is 0 Å². The Balaban J connectivity index is 1.88. The third-order valence-corrected chi connectivity index (χ3v) is 6.82. The monoisotopic (exact) mass is 387 g/mol. The maximum absolute atomic E-state index is 13.5. The highest BCUT2D eigenvalue weighted by Crippen LogP contribution is 2.54. The minimum atomic E-state index is -1.14. The van der Waals surface area contributed by atoms with Gasteiger partial charge >= 0.3 is 0 Å². The molecule has 3 amide bonds. The van der Waals surface area contributed by atoms with Gasteiger partial charge in [0.25, 0.3) is 5.91 Å². The highest BCUT2D eigenvalue weighted by molar-refractivity contribution is 7.98. The molecule has 1 aromatic carbocycles. The Morgan fingerprint density at radius 1 is 1.19 bits per heavy atom. The molecule has 3 aliphatic rings. The number of para-hydroxylation sites is 1. The average Bonchev–Trinajstić information content (AvgIpc) is 3.20. The lowest BCUT2D eigenvalue weighted by Crippen LogP contribution is -2.55. The molecule has 27 heavy (non-hydrogen) atoms. The maximum atomic E-state index is 13.5. The molecule has 0 aromatic heterocycles. The van der Waals surface area contributed by atoms with E-state index in [0.29, 0.717) is 0 Å². The molecular weight excluding hydrogens is 362 g/mol. The first-order valence-corrected chi connectivity index (χ1v) is 10.8. The number of imide groups is 1. The molecule has 7 heteroatoms. The summed E-state index contributed by atoms with van der Waals surface area (Å²) in [6.07, 6.45) is 2.77. The summed E-state index contributed by atoms with van der Waals surface area (Å²) in [5.41, 5.74) is 0.476. The molecule has 0 saturated carbocycles. The van der Waals surface area contributed by atoms with Crippen LogP contribution in [0.4, 0.5) is 5.69 Å². The van der Waals surface area contributed by atoms with Gasteiger partial charge in [0.1, 0.15) is 5.54 Å². The summed E-state index contributed by atoms with van der Waals surface area (Å²) in [7, 11) is 1.74. The summed E-state index contributed by atoms with van der Waals surface area (Å²) < 4.78 is 0. The number of likely N-dealkylation sites (tertiary alicyclic amines) is 1. The first-order chi connectivity index (χ1) is 12.9. The van der Waals surface area contributed by atoms with Crippen LogP contribution in [0.3, 0.4) is 0 Å². The van der Waals surface area contributed by atoms with E-state index >= 15 is 0 Å². The molecule has 1 spiro atoms. The third kappa shape index (κ3) is 2.27. The fraction of sp³-hybridized carbons (Fsp3) is 0.550. The van der Waals surface area contributed by atoms with Gasteiger partial charge in [-0.3, -0.25) is 24.6 Å². The zero-order valence-electron chi connectivity index (χ0n) is 16.1. The number of rotatable bonds is 4. The second kappa shape index (κ2) is 6.34. The largest absolute Gasteiger partial charge is 0.313 e. The summed E-state index contributed by atoms with van der Waals surface area (Å²) in [4.78, 5) is 43.0. The predicted octanol–water partition coefficient (Wildman–Crippen LogP) is 1.59. The van der Waals surface area contributed by atoms with Crippen molar-refractivity contribution in [2.45, 2.75) is 37.9 Å². The van der Waals surface area contributed by atoms with Gasteiger partial charge in [-0.2, -0.15) is 11.8 Å². The number of anilines is 1. The second-order valence-corrected chi connectivity index (χ2v) is 8.85. The van der Waals surface area contributed by atoms with Gasteiger partial charge < -0.3 is 4.90 Å².